The van der Waals surface area contributed by atoms with Crippen molar-refractivity contribution in [2.24, 2.45) is 0 Å². The third-order valence-electron chi connectivity index (χ3n) is 1.73. The zero-order valence-electron chi connectivity index (χ0n) is 7.90. The van der Waals surface area contributed by atoms with Crippen LogP contribution in [0.1, 0.15) is 15.9 Å². The number of nitrogens with zero attached hydrogens (tertiary/aromatic N) is 1. The van der Waals surface area contributed by atoms with E-state index >= 15 is 0 Å². The zero-order chi connectivity index (χ0) is 10.6. The van der Waals surface area contributed by atoms with Gasteiger partial charge in [0.2, 0.25) is 0 Å². The minimum Gasteiger partial charge on any atom is -0.496 e. The lowest BCUT2D eigenvalue weighted by atomic mass is 10.1. The molecular formula is C10H9NO3. The van der Waals surface area contributed by atoms with Crippen molar-refractivity contribution in [2.45, 2.75) is 0 Å². The summed E-state index contributed by atoms with van der Waals surface area (Å²) in [7, 11) is 2.73. The summed E-state index contributed by atoms with van der Waals surface area (Å²) in [6, 6.07) is 6.50. The van der Waals surface area contributed by atoms with Crippen LogP contribution in [-0.4, -0.2) is 20.2 Å². The highest BCUT2D eigenvalue weighted by Gasteiger charge is 2.12. The molecule has 0 bridgehead atoms. The standard InChI is InChI=1S/C10H9NO3/c1-13-9-4-3-7(6-11)5-8(9)10(12)14-2/h3-5H,1-2H3. The number of nitriles is 1. The van der Waals surface area contributed by atoms with Gasteiger partial charge in [-0.15, -0.1) is 0 Å². The average Bonchev–Trinajstić information content (AvgIpc) is 2.27. The average molecular weight is 191 g/mol. The number of methoxy groups -OCH3 is 2. The van der Waals surface area contributed by atoms with Crippen molar-refractivity contribution in [2.75, 3.05) is 14.2 Å². The molecule has 0 aromatic heterocycles. The molecule has 4 heteroatoms. The lowest BCUT2D eigenvalue weighted by Crippen LogP contribution is -2.04. The van der Waals surface area contributed by atoms with E-state index in [9.17, 15) is 4.79 Å². The summed E-state index contributed by atoms with van der Waals surface area (Å²) < 4.78 is 9.51. The highest BCUT2D eigenvalue weighted by molar-refractivity contribution is 5.92. The summed E-state index contributed by atoms with van der Waals surface area (Å²) in [5.74, 6) is -0.116. The summed E-state index contributed by atoms with van der Waals surface area (Å²) in [5.41, 5.74) is 0.653. The molecule has 0 heterocycles. The smallest absolute Gasteiger partial charge is 0.341 e. The first-order valence-electron chi connectivity index (χ1n) is 3.89. The minimum absolute atomic E-state index is 0.258. The molecule has 0 aliphatic rings. The summed E-state index contributed by atoms with van der Waals surface area (Å²) in [6.07, 6.45) is 0. The maximum Gasteiger partial charge on any atom is 0.341 e. The number of ether oxygens (including phenoxy) is 2. The van der Waals surface area contributed by atoms with Crippen LogP contribution in [0.4, 0.5) is 0 Å². The lowest BCUT2D eigenvalue weighted by Gasteiger charge is -2.06. The Kier molecular flexibility index (Phi) is 3.08. The van der Waals surface area contributed by atoms with Crippen molar-refractivity contribution in [3.63, 3.8) is 0 Å². The van der Waals surface area contributed by atoms with Gasteiger partial charge in [0.15, 0.2) is 0 Å². The van der Waals surface area contributed by atoms with E-state index in [1.165, 1.54) is 20.3 Å². The third-order valence-corrected chi connectivity index (χ3v) is 1.73. The highest BCUT2D eigenvalue weighted by Crippen LogP contribution is 2.20. The number of hydrogen-bond acceptors (Lipinski definition) is 4. The summed E-state index contributed by atoms with van der Waals surface area (Å²) in [5, 5.41) is 8.64. The number of esters is 1. The van der Waals surface area contributed by atoms with Crippen LogP contribution in [0.2, 0.25) is 0 Å². The van der Waals surface area contributed by atoms with Gasteiger partial charge in [0.1, 0.15) is 11.3 Å². The quantitative estimate of drug-likeness (QED) is 0.662. The normalized spacial score (nSPS) is 8.93. The Morgan fingerprint density at radius 2 is 2.14 bits per heavy atom. The van der Waals surface area contributed by atoms with Crippen molar-refractivity contribution < 1.29 is 14.3 Å². The number of carbonyl (C=O) groups is 1. The van der Waals surface area contributed by atoms with Crippen molar-refractivity contribution in [1.29, 1.82) is 5.26 Å². The fourth-order valence-electron chi connectivity index (χ4n) is 1.05. The minimum atomic E-state index is -0.515. The van der Waals surface area contributed by atoms with Gasteiger partial charge in [-0.3, -0.25) is 0 Å². The fraction of sp³-hybridized carbons (Fsp3) is 0.200. The second kappa shape index (κ2) is 4.28. The van der Waals surface area contributed by atoms with Crippen LogP contribution in [0.15, 0.2) is 18.2 Å². The molecular weight excluding hydrogens is 182 g/mol. The van der Waals surface area contributed by atoms with Gasteiger partial charge in [-0.25, -0.2) is 4.79 Å². The largest absolute Gasteiger partial charge is 0.496 e. The number of benzene rings is 1. The van der Waals surface area contributed by atoms with Gasteiger partial charge in [-0.1, -0.05) is 0 Å². The maximum atomic E-state index is 11.2. The van der Waals surface area contributed by atoms with E-state index < -0.39 is 5.97 Å². The van der Waals surface area contributed by atoms with E-state index in [1.807, 2.05) is 6.07 Å². The monoisotopic (exact) mass is 191 g/mol. The molecule has 0 fully saturated rings. The van der Waals surface area contributed by atoms with Crippen LogP contribution in [-0.2, 0) is 4.74 Å². The molecule has 1 rings (SSSR count). The van der Waals surface area contributed by atoms with Gasteiger partial charge < -0.3 is 9.47 Å². The Balaban J connectivity index is 3.23. The maximum absolute atomic E-state index is 11.2. The van der Waals surface area contributed by atoms with Gasteiger partial charge >= 0.3 is 5.97 Å². The third kappa shape index (κ3) is 1.83. The number of hydrogen-bond donors (Lipinski definition) is 0. The lowest BCUT2D eigenvalue weighted by molar-refractivity contribution is 0.0597. The van der Waals surface area contributed by atoms with Crippen molar-refractivity contribution in [1.82, 2.24) is 0 Å². The summed E-state index contributed by atoms with van der Waals surface area (Å²) >= 11 is 0. The highest BCUT2D eigenvalue weighted by atomic mass is 16.5. The number of rotatable bonds is 2. The van der Waals surface area contributed by atoms with Crippen LogP contribution in [0, 0.1) is 11.3 Å². The molecule has 0 saturated carbocycles. The summed E-state index contributed by atoms with van der Waals surface area (Å²) in [4.78, 5) is 11.2. The van der Waals surface area contributed by atoms with Crippen LogP contribution < -0.4 is 4.74 Å². The van der Waals surface area contributed by atoms with Crippen LogP contribution in [0.25, 0.3) is 0 Å². The molecule has 14 heavy (non-hydrogen) atoms. The Morgan fingerprint density at radius 3 is 2.64 bits per heavy atom. The first kappa shape index (κ1) is 10.1. The van der Waals surface area contributed by atoms with Crippen LogP contribution in [0.3, 0.4) is 0 Å². The van der Waals surface area contributed by atoms with Crippen LogP contribution in [0.5, 0.6) is 5.75 Å². The predicted molar refractivity (Wildman–Crippen MR) is 49.0 cm³/mol. The molecule has 0 saturated heterocycles. The van der Waals surface area contributed by atoms with E-state index in [1.54, 1.807) is 12.1 Å². The Morgan fingerprint density at radius 1 is 1.43 bits per heavy atom. The Hall–Kier alpha value is -2.02. The topological polar surface area (TPSA) is 59.3 Å². The van der Waals surface area contributed by atoms with E-state index in [0.29, 0.717) is 11.3 Å². The second-order valence-corrected chi connectivity index (χ2v) is 2.52. The molecule has 0 N–H and O–H groups in total. The van der Waals surface area contributed by atoms with Crippen LogP contribution >= 0.6 is 0 Å². The molecule has 72 valence electrons. The molecule has 0 amide bonds. The fourth-order valence-corrected chi connectivity index (χ4v) is 1.05. The van der Waals surface area contributed by atoms with Gasteiger partial charge in [0.25, 0.3) is 0 Å². The Bertz CT molecular complexity index is 393. The first-order chi connectivity index (χ1) is 6.72. The SMILES string of the molecule is COC(=O)c1cc(C#N)ccc1OC. The summed E-state index contributed by atoms with van der Waals surface area (Å²) in [6.45, 7) is 0. The first-order valence-corrected chi connectivity index (χ1v) is 3.89. The van der Waals surface area contributed by atoms with Gasteiger partial charge in [0, 0.05) is 0 Å². The van der Waals surface area contributed by atoms with Crippen molar-refractivity contribution in [3.8, 4) is 11.8 Å². The molecule has 4 nitrogen and oxygen atoms in total. The van der Waals surface area contributed by atoms with E-state index in [0.717, 1.165) is 0 Å². The predicted octanol–water partition coefficient (Wildman–Crippen LogP) is 1.35. The second-order valence-electron chi connectivity index (χ2n) is 2.52. The van der Waals surface area contributed by atoms with Crippen molar-refractivity contribution >= 4 is 5.97 Å². The molecule has 1 aromatic carbocycles. The molecule has 0 radical (unpaired) electrons. The zero-order valence-corrected chi connectivity index (χ0v) is 7.90. The van der Waals surface area contributed by atoms with Gasteiger partial charge in [0.05, 0.1) is 25.9 Å². The Labute approximate surface area is 81.7 Å². The van der Waals surface area contributed by atoms with E-state index in [4.69, 9.17) is 10.00 Å². The van der Waals surface area contributed by atoms with Gasteiger partial charge in [-0.2, -0.15) is 5.26 Å². The molecule has 0 atom stereocenters. The number of carbonyl (C=O) groups excluding carboxylic acids is 1. The molecule has 0 aliphatic carbocycles. The van der Waals surface area contributed by atoms with E-state index in [2.05, 4.69) is 4.74 Å². The van der Waals surface area contributed by atoms with Gasteiger partial charge in [-0.05, 0) is 18.2 Å². The molecule has 0 aliphatic heterocycles. The van der Waals surface area contributed by atoms with Crippen molar-refractivity contribution in [3.05, 3.63) is 29.3 Å². The molecule has 0 spiro atoms. The molecule has 0 unspecified atom stereocenters. The molecule has 1 aromatic rings. The van der Waals surface area contributed by atoms with E-state index in [-0.39, 0.29) is 5.56 Å².